The molecule has 1 aliphatic carbocycles. The van der Waals surface area contributed by atoms with E-state index in [1.165, 1.54) is 0 Å². The van der Waals surface area contributed by atoms with Crippen LogP contribution in [0.2, 0.25) is 0 Å². The first-order chi connectivity index (χ1) is 13.5. The lowest BCUT2D eigenvalue weighted by atomic mass is 9.94. The van der Waals surface area contributed by atoms with E-state index >= 15 is 0 Å². The predicted octanol–water partition coefficient (Wildman–Crippen LogP) is 4.38. The van der Waals surface area contributed by atoms with Gasteiger partial charge in [0.1, 0.15) is 12.0 Å². The maximum absolute atomic E-state index is 13.3. The number of allylic oxidation sites excluding steroid dienone is 2. The molecule has 1 N–H and O–H groups in total. The topological polar surface area (TPSA) is 72.5 Å². The van der Waals surface area contributed by atoms with Crippen molar-refractivity contribution in [1.82, 2.24) is 5.32 Å². The van der Waals surface area contributed by atoms with Gasteiger partial charge in [0, 0.05) is 0 Å². The summed E-state index contributed by atoms with van der Waals surface area (Å²) in [6, 6.07) is 16.0. The normalized spacial score (nSPS) is 17.7. The zero-order valence-corrected chi connectivity index (χ0v) is 16.7. The van der Waals surface area contributed by atoms with E-state index in [4.69, 9.17) is 4.74 Å². The molecule has 0 aromatic heterocycles. The number of hydrogen-bond donors (Lipinski definition) is 1. The summed E-state index contributed by atoms with van der Waals surface area (Å²) < 4.78 is 31.8. The second-order valence-electron chi connectivity index (χ2n) is 7.03. The number of sulfone groups is 1. The number of alkyl carbamates (subject to hydrolysis) is 1. The molecule has 2 atom stereocenters. The second kappa shape index (κ2) is 9.06. The van der Waals surface area contributed by atoms with E-state index in [1.54, 1.807) is 24.3 Å². The van der Waals surface area contributed by atoms with E-state index in [1.807, 2.05) is 49.4 Å². The van der Waals surface area contributed by atoms with E-state index in [2.05, 4.69) is 5.32 Å². The van der Waals surface area contributed by atoms with Gasteiger partial charge in [-0.3, -0.25) is 0 Å². The molecule has 1 aliphatic rings. The van der Waals surface area contributed by atoms with Crippen LogP contribution in [-0.4, -0.2) is 19.9 Å². The Balaban J connectivity index is 1.77. The molecule has 3 rings (SSSR count). The average molecular weight is 400 g/mol. The van der Waals surface area contributed by atoms with Crippen LogP contribution in [0.3, 0.4) is 0 Å². The minimum absolute atomic E-state index is 0.0918. The standard InChI is InChI=1S/C22H25NO4S/c1-17-12-14-20(15-13-17)28(25,26)21(19-10-6-3-7-11-19)23-22(24)27-16-18-8-4-2-5-9-18/h2-6,8-9,12-15,19,21H,7,10-11,16H2,1H3,(H,23,24). The zero-order chi connectivity index (χ0) is 20.0. The molecule has 2 unspecified atom stereocenters. The van der Waals surface area contributed by atoms with Crippen molar-refractivity contribution >= 4 is 15.9 Å². The summed E-state index contributed by atoms with van der Waals surface area (Å²) in [4.78, 5) is 12.6. The molecule has 2 aromatic carbocycles. The van der Waals surface area contributed by atoms with Gasteiger partial charge in [-0.2, -0.15) is 0 Å². The summed E-state index contributed by atoms with van der Waals surface area (Å²) in [6.07, 6.45) is 5.40. The Labute approximate surface area is 166 Å². The van der Waals surface area contributed by atoms with Crippen molar-refractivity contribution in [2.75, 3.05) is 0 Å². The number of carbonyl (C=O) groups is 1. The third-order valence-electron chi connectivity index (χ3n) is 4.89. The van der Waals surface area contributed by atoms with Crippen molar-refractivity contribution in [3.05, 3.63) is 77.9 Å². The highest BCUT2D eigenvalue weighted by atomic mass is 32.2. The molecule has 0 aliphatic heterocycles. The molecule has 148 valence electrons. The first-order valence-corrected chi connectivity index (χ1v) is 10.9. The van der Waals surface area contributed by atoms with Crippen molar-refractivity contribution in [3.8, 4) is 0 Å². The molecule has 2 aromatic rings. The number of aryl methyl sites for hydroxylation is 1. The number of nitrogens with one attached hydrogen (secondary N) is 1. The molecule has 0 saturated carbocycles. The van der Waals surface area contributed by atoms with Crippen LogP contribution in [0.25, 0.3) is 0 Å². The number of carbonyl (C=O) groups excluding carboxylic acids is 1. The summed E-state index contributed by atoms with van der Waals surface area (Å²) >= 11 is 0. The van der Waals surface area contributed by atoms with Crippen LogP contribution in [-0.2, 0) is 21.2 Å². The average Bonchev–Trinajstić information content (AvgIpc) is 2.72. The van der Waals surface area contributed by atoms with E-state index in [0.717, 1.165) is 17.5 Å². The van der Waals surface area contributed by atoms with Crippen LogP contribution in [0, 0.1) is 12.8 Å². The molecular formula is C22H25NO4S. The van der Waals surface area contributed by atoms with Crippen LogP contribution in [0.1, 0.15) is 30.4 Å². The minimum atomic E-state index is -3.74. The van der Waals surface area contributed by atoms with Crippen molar-refractivity contribution in [2.45, 2.75) is 43.1 Å². The quantitative estimate of drug-likeness (QED) is 0.732. The van der Waals surface area contributed by atoms with Crippen LogP contribution in [0.4, 0.5) is 4.79 Å². The molecule has 1 amide bonds. The van der Waals surface area contributed by atoms with E-state index in [-0.39, 0.29) is 17.4 Å². The van der Waals surface area contributed by atoms with Crippen LogP contribution in [0.15, 0.2) is 71.6 Å². The van der Waals surface area contributed by atoms with Gasteiger partial charge in [0.2, 0.25) is 0 Å². The van der Waals surface area contributed by atoms with Crippen LogP contribution in [0.5, 0.6) is 0 Å². The maximum atomic E-state index is 13.3. The summed E-state index contributed by atoms with van der Waals surface area (Å²) in [5.74, 6) is -0.194. The second-order valence-corrected chi connectivity index (χ2v) is 9.10. The van der Waals surface area contributed by atoms with E-state index < -0.39 is 21.3 Å². The molecule has 5 nitrogen and oxygen atoms in total. The van der Waals surface area contributed by atoms with Gasteiger partial charge in [-0.25, -0.2) is 13.2 Å². The number of benzene rings is 2. The zero-order valence-electron chi connectivity index (χ0n) is 15.9. The fraction of sp³-hybridized carbons (Fsp3) is 0.318. The fourth-order valence-electron chi connectivity index (χ4n) is 3.30. The predicted molar refractivity (Wildman–Crippen MR) is 108 cm³/mol. The van der Waals surface area contributed by atoms with Crippen LogP contribution < -0.4 is 5.32 Å². The third kappa shape index (κ3) is 5.01. The molecule has 28 heavy (non-hydrogen) atoms. The Bertz CT molecular complexity index is 921. The maximum Gasteiger partial charge on any atom is 0.408 e. The van der Waals surface area contributed by atoms with Gasteiger partial charge < -0.3 is 10.1 Å². The van der Waals surface area contributed by atoms with Crippen molar-refractivity contribution in [3.63, 3.8) is 0 Å². The smallest absolute Gasteiger partial charge is 0.408 e. The number of rotatable bonds is 6. The molecule has 0 fully saturated rings. The Hall–Kier alpha value is -2.60. The highest BCUT2D eigenvalue weighted by Gasteiger charge is 2.36. The van der Waals surface area contributed by atoms with Crippen molar-refractivity contribution in [2.24, 2.45) is 5.92 Å². The fourth-order valence-corrected chi connectivity index (χ4v) is 5.11. The molecule has 6 heteroatoms. The lowest BCUT2D eigenvalue weighted by Gasteiger charge is -2.28. The number of ether oxygens (including phenoxy) is 1. The number of amides is 1. The van der Waals surface area contributed by atoms with Gasteiger partial charge >= 0.3 is 6.09 Å². The molecule has 0 spiro atoms. The van der Waals surface area contributed by atoms with Crippen molar-refractivity contribution < 1.29 is 17.9 Å². The molecule has 0 bridgehead atoms. The molecular weight excluding hydrogens is 374 g/mol. The Morgan fingerprint density at radius 1 is 1.11 bits per heavy atom. The lowest BCUT2D eigenvalue weighted by molar-refractivity contribution is 0.135. The first-order valence-electron chi connectivity index (χ1n) is 9.39. The van der Waals surface area contributed by atoms with Gasteiger partial charge in [0.15, 0.2) is 9.84 Å². The van der Waals surface area contributed by atoms with Crippen molar-refractivity contribution in [1.29, 1.82) is 0 Å². The summed E-state index contributed by atoms with van der Waals surface area (Å²) in [5.41, 5.74) is 1.82. The highest BCUT2D eigenvalue weighted by molar-refractivity contribution is 7.92. The van der Waals surface area contributed by atoms with Gasteiger partial charge in [-0.05, 0) is 49.8 Å². The van der Waals surface area contributed by atoms with Gasteiger partial charge in [-0.1, -0.05) is 60.2 Å². The largest absolute Gasteiger partial charge is 0.445 e. The number of hydrogen-bond acceptors (Lipinski definition) is 4. The summed E-state index contributed by atoms with van der Waals surface area (Å²) in [5, 5.41) is 1.60. The Kier molecular flexibility index (Phi) is 6.52. The van der Waals surface area contributed by atoms with E-state index in [0.29, 0.717) is 12.8 Å². The first kappa shape index (κ1) is 20.1. The lowest BCUT2D eigenvalue weighted by Crippen LogP contribution is -2.46. The highest BCUT2D eigenvalue weighted by Crippen LogP contribution is 2.29. The third-order valence-corrected chi connectivity index (χ3v) is 7.00. The summed E-state index contributed by atoms with van der Waals surface area (Å²) in [7, 11) is -3.74. The molecule has 0 heterocycles. The minimum Gasteiger partial charge on any atom is -0.445 e. The Morgan fingerprint density at radius 3 is 2.46 bits per heavy atom. The van der Waals surface area contributed by atoms with Crippen LogP contribution >= 0.6 is 0 Å². The monoisotopic (exact) mass is 399 g/mol. The molecule has 0 saturated heterocycles. The van der Waals surface area contributed by atoms with Gasteiger partial charge in [0.05, 0.1) is 4.90 Å². The van der Waals surface area contributed by atoms with Gasteiger partial charge in [0.25, 0.3) is 0 Å². The SMILES string of the molecule is Cc1ccc(S(=O)(=O)C(NC(=O)OCc2ccccc2)C2CC=CCC2)cc1. The Morgan fingerprint density at radius 2 is 1.82 bits per heavy atom. The van der Waals surface area contributed by atoms with Gasteiger partial charge in [-0.15, -0.1) is 0 Å². The van der Waals surface area contributed by atoms with E-state index in [9.17, 15) is 13.2 Å². The molecule has 0 radical (unpaired) electrons. The summed E-state index contributed by atoms with van der Waals surface area (Å²) in [6.45, 7) is 1.99.